The second kappa shape index (κ2) is 10.6. The summed E-state index contributed by atoms with van der Waals surface area (Å²) in [5, 5.41) is 2.18. The fraction of sp³-hybridized carbons (Fsp3) is 0.207. The molecule has 4 aromatic rings. The highest BCUT2D eigenvalue weighted by atomic mass is 31.2. The van der Waals surface area contributed by atoms with Gasteiger partial charge in [-0.15, -0.1) is 0 Å². The minimum absolute atomic E-state index is 0.251. The number of carbonyl (C=O) groups is 1. The number of nitrogens with two attached hydrogens (primary N) is 1. The van der Waals surface area contributed by atoms with E-state index in [9.17, 15) is 9.36 Å². The molecule has 1 aliphatic heterocycles. The van der Waals surface area contributed by atoms with Gasteiger partial charge in [-0.2, -0.15) is 0 Å². The quantitative estimate of drug-likeness (QED) is 0.300. The lowest BCUT2D eigenvalue weighted by atomic mass is 9.98. The molecule has 0 bridgehead atoms. The Labute approximate surface area is 211 Å². The molecule has 1 fully saturated rings. The average molecular weight is 501 g/mol. The lowest BCUT2D eigenvalue weighted by Gasteiger charge is -2.32. The summed E-state index contributed by atoms with van der Waals surface area (Å²) in [7, 11) is -3.83. The van der Waals surface area contributed by atoms with Crippen LogP contribution in [0.2, 0.25) is 0 Å². The van der Waals surface area contributed by atoms with Gasteiger partial charge >= 0.3 is 7.60 Å². The van der Waals surface area contributed by atoms with E-state index in [1.165, 1.54) is 0 Å². The van der Waals surface area contributed by atoms with E-state index in [-0.39, 0.29) is 5.91 Å². The third-order valence-corrected chi connectivity index (χ3v) is 8.66. The highest BCUT2D eigenvalue weighted by Crippen LogP contribution is 2.57. The highest BCUT2D eigenvalue weighted by molar-refractivity contribution is 7.55. The van der Waals surface area contributed by atoms with E-state index in [2.05, 4.69) is 0 Å². The van der Waals surface area contributed by atoms with Crippen molar-refractivity contribution in [2.45, 2.75) is 31.1 Å². The van der Waals surface area contributed by atoms with Crippen LogP contribution in [0.3, 0.4) is 0 Å². The Kier molecular flexibility index (Phi) is 7.08. The maximum absolute atomic E-state index is 14.3. The van der Waals surface area contributed by atoms with Crippen molar-refractivity contribution >= 4 is 24.3 Å². The number of fused-ring (bicyclic) bond motifs is 1. The zero-order chi connectivity index (χ0) is 25.0. The van der Waals surface area contributed by atoms with E-state index in [1.807, 2.05) is 54.6 Å². The molecule has 0 unspecified atom stereocenters. The van der Waals surface area contributed by atoms with Crippen LogP contribution in [0.15, 0.2) is 103 Å². The van der Waals surface area contributed by atoms with Crippen molar-refractivity contribution in [3.05, 3.63) is 109 Å². The predicted molar refractivity (Wildman–Crippen MR) is 142 cm³/mol. The van der Waals surface area contributed by atoms with Crippen molar-refractivity contribution in [3.63, 3.8) is 0 Å². The summed E-state index contributed by atoms with van der Waals surface area (Å²) in [4.78, 5) is 15.2. The lowest BCUT2D eigenvalue weighted by Crippen LogP contribution is -2.47. The number of carbonyl (C=O) groups excluding carboxylic acids is 1. The molecular weight excluding hydrogens is 471 g/mol. The van der Waals surface area contributed by atoms with E-state index < -0.39 is 19.4 Å². The third kappa shape index (κ3) is 5.15. The van der Waals surface area contributed by atoms with Gasteiger partial charge in [0, 0.05) is 6.54 Å². The van der Waals surface area contributed by atoms with E-state index >= 15 is 0 Å². The molecule has 5 rings (SSSR count). The molecule has 1 amide bonds. The maximum Gasteiger partial charge on any atom is 0.453 e. The minimum atomic E-state index is -3.83. The Bertz CT molecular complexity index is 1330. The van der Waals surface area contributed by atoms with Crippen molar-refractivity contribution in [1.29, 1.82) is 0 Å². The number of hydrogen-bond acceptors (Lipinski definition) is 5. The number of nitrogens with zero attached hydrogens (tertiary/aromatic N) is 1. The molecule has 2 N–H and O–H groups in total. The number of benzene rings is 4. The van der Waals surface area contributed by atoms with Gasteiger partial charge in [0.05, 0.1) is 6.04 Å². The first-order valence-corrected chi connectivity index (χ1v) is 13.8. The average Bonchev–Trinajstić information content (AvgIpc) is 3.41. The van der Waals surface area contributed by atoms with Crippen molar-refractivity contribution in [2.75, 3.05) is 6.54 Å². The summed E-state index contributed by atoms with van der Waals surface area (Å²) in [5.41, 5.74) is 7.48. The van der Waals surface area contributed by atoms with Crippen molar-refractivity contribution < 1.29 is 18.4 Å². The topological polar surface area (TPSA) is 81.9 Å². The summed E-state index contributed by atoms with van der Waals surface area (Å²) >= 11 is 0. The summed E-state index contributed by atoms with van der Waals surface area (Å²) < 4.78 is 26.4. The molecule has 1 saturated heterocycles. The van der Waals surface area contributed by atoms with Crippen LogP contribution in [0, 0.1) is 0 Å². The Morgan fingerprint density at radius 3 is 2.11 bits per heavy atom. The normalized spacial score (nSPS) is 16.6. The van der Waals surface area contributed by atoms with E-state index in [4.69, 9.17) is 14.8 Å². The molecule has 36 heavy (non-hydrogen) atoms. The Balaban J connectivity index is 1.41. The molecular formula is C29H29N2O4P. The lowest BCUT2D eigenvalue weighted by molar-refractivity contribution is -0.132. The van der Waals surface area contributed by atoms with Gasteiger partial charge in [-0.3, -0.25) is 4.79 Å². The van der Waals surface area contributed by atoms with Gasteiger partial charge in [0.2, 0.25) is 5.91 Å². The first-order chi connectivity index (χ1) is 17.5. The van der Waals surface area contributed by atoms with Gasteiger partial charge in [-0.05, 0) is 59.9 Å². The number of likely N-dealkylation sites (tertiary alicyclic amines) is 1. The van der Waals surface area contributed by atoms with Crippen molar-refractivity contribution in [1.82, 2.24) is 4.90 Å². The van der Waals surface area contributed by atoms with Gasteiger partial charge in [-0.1, -0.05) is 78.9 Å². The van der Waals surface area contributed by atoms with Crippen molar-refractivity contribution in [3.8, 4) is 11.5 Å². The third-order valence-electron chi connectivity index (χ3n) is 6.46. The van der Waals surface area contributed by atoms with Gasteiger partial charge < -0.3 is 19.7 Å². The van der Waals surface area contributed by atoms with Gasteiger partial charge in [0.15, 0.2) is 5.78 Å². The second-order valence-electron chi connectivity index (χ2n) is 8.95. The predicted octanol–water partition coefficient (Wildman–Crippen LogP) is 6.01. The largest absolute Gasteiger partial charge is 0.453 e. The van der Waals surface area contributed by atoms with Crippen LogP contribution >= 0.6 is 7.60 Å². The molecule has 6 nitrogen and oxygen atoms in total. The highest BCUT2D eigenvalue weighted by Gasteiger charge is 2.48. The molecule has 0 spiro atoms. The molecule has 7 heteroatoms. The summed E-state index contributed by atoms with van der Waals surface area (Å²) in [5.74, 6) is -0.129. The first kappa shape index (κ1) is 24.1. The fourth-order valence-corrected chi connectivity index (χ4v) is 6.92. The Hall–Kier alpha value is -3.60. The van der Waals surface area contributed by atoms with Crippen LogP contribution in [0.4, 0.5) is 0 Å². The SMILES string of the molecule is N[C@@H](Cc1cccc2ccccc12)C(=O)N1CCC[C@@H]1P(=O)(Oc1ccccc1)Oc1ccccc1. The first-order valence-electron chi connectivity index (χ1n) is 12.2. The van der Waals surface area contributed by atoms with Crippen LogP contribution in [-0.4, -0.2) is 29.2 Å². The molecule has 0 aromatic heterocycles. The molecule has 0 radical (unpaired) electrons. The maximum atomic E-state index is 14.3. The minimum Gasteiger partial charge on any atom is -0.415 e. The van der Waals surface area contributed by atoms with Crippen LogP contribution < -0.4 is 14.8 Å². The number of hydrogen-bond donors (Lipinski definition) is 1. The molecule has 0 saturated carbocycles. The number of amides is 1. The smallest absolute Gasteiger partial charge is 0.415 e. The molecule has 2 atom stereocenters. The monoisotopic (exact) mass is 500 g/mol. The standard InChI is InChI=1S/C29H29N2O4P/c30-27(21-23-13-9-12-22-11-7-8-18-26(22)23)29(32)31-20-10-19-28(31)36(33,34-24-14-3-1-4-15-24)35-25-16-5-2-6-17-25/h1-9,11-18,27-28H,10,19-21,30H2/t27-,28-/m0/s1. The zero-order valence-electron chi connectivity index (χ0n) is 19.9. The molecule has 1 aliphatic rings. The fourth-order valence-electron chi connectivity index (χ4n) is 4.74. The second-order valence-corrected chi connectivity index (χ2v) is 11.0. The van der Waals surface area contributed by atoms with Gasteiger partial charge in [-0.25, -0.2) is 4.57 Å². The number of para-hydroxylation sites is 2. The molecule has 4 aromatic carbocycles. The van der Waals surface area contributed by atoms with Crippen molar-refractivity contribution in [2.24, 2.45) is 5.73 Å². The number of rotatable bonds is 8. The summed E-state index contributed by atoms with van der Waals surface area (Å²) in [6, 6.07) is 31.1. The van der Waals surface area contributed by atoms with Gasteiger partial charge in [0.1, 0.15) is 11.5 Å². The van der Waals surface area contributed by atoms with Crippen LogP contribution in [0.5, 0.6) is 11.5 Å². The van der Waals surface area contributed by atoms with E-state index in [1.54, 1.807) is 53.4 Å². The Morgan fingerprint density at radius 2 is 1.44 bits per heavy atom. The van der Waals surface area contributed by atoms with E-state index in [0.29, 0.717) is 37.3 Å². The van der Waals surface area contributed by atoms with Gasteiger partial charge in [0.25, 0.3) is 0 Å². The van der Waals surface area contributed by atoms with E-state index in [0.717, 1.165) is 16.3 Å². The zero-order valence-corrected chi connectivity index (χ0v) is 20.8. The summed E-state index contributed by atoms with van der Waals surface area (Å²) in [6.07, 6.45) is 1.58. The van der Waals surface area contributed by atoms with Crippen LogP contribution in [-0.2, 0) is 15.8 Å². The summed E-state index contributed by atoms with van der Waals surface area (Å²) in [6.45, 7) is 0.451. The Morgan fingerprint density at radius 1 is 0.861 bits per heavy atom. The molecule has 184 valence electrons. The van der Waals surface area contributed by atoms with Crippen LogP contribution in [0.25, 0.3) is 10.8 Å². The van der Waals surface area contributed by atoms with Crippen LogP contribution in [0.1, 0.15) is 18.4 Å². The molecule has 0 aliphatic carbocycles. The molecule has 1 heterocycles.